The molecule has 1 atom stereocenters. The number of thioether (sulfide) groups is 1. The third-order valence-electron chi connectivity index (χ3n) is 3.29. The van der Waals surface area contributed by atoms with Crippen molar-refractivity contribution in [3.63, 3.8) is 0 Å². The average molecular weight is 258 g/mol. The molecule has 0 unspecified atom stereocenters. The largest absolute Gasteiger partial charge is 0.480 e. The summed E-state index contributed by atoms with van der Waals surface area (Å²) >= 11 is 1.51. The van der Waals surface area contributed by atoms with Crippen LogP contribution in [-0.2, 0) is 4.79 Å². The summed E-state index contributed by atoms with van der Waals surface area (Å²) in [7, 11) is 0. The summed E-state index contributed by atoms with van der Waals surface area (Å²) in [6, 6.07) is -0.736. The first kappa shape index (κ1) is 12.5. The van der Waals surface area contributed by atoms with E-state index in [1.807, 2.05) is 4.90 Å². The molecule has 0 aromatic heterocycles. The van der Waals surface area contributed by atoms with E-state index in [0.29, 0.717) is 11.6 Å². The van der Waals surface area contributed by atoms with Crippen LogP contribution < -0.4 is 0 Å². The third-order valence-corrected chi connectivity index (χ3v) is 4.30. The number of rotatable bonds is 1. The van der Waals surface area contributed by atoms with Crippen LogP contribution in [0.4, 0.5) is 4.79 Å². The van der Waals surface area contributed by atoms with E-state index < -0.39 is 12.0 Å². The minimum atomic E-state index is -0.891. The van der Waals surface area contributed by atoms with E-state index in [2.05, 4.69) is 0 Å². The molecule has 2 aliphatic heterocycles. The molecule has 2 aliphatic rings. The standard InChI is InChI=1S/C11H18N2O3S/c14-10(15)9-7-17-8-13(9)11(16)12-5-3-1-2-4-6-12/h9H,1-8H2,(H,14,15)/t9-/m0/s1. The summed E-state index contributed by atoms with van der Waals surface area (Å²) in [5.74, 6) is 0.125. The van der Waals surface area contributed by atoms with Crippen LogP contribution in [0.1, 0.15) is 25.7 Å². The fraction of sp³-hybridized carbons (Fsp3) is 0.818. The minimum Gasteiger partial charge on any atom is -0.480 e. The van der Waals surface area contributed by atoms with Crippen LogP contribution in [-0.4, -0.2) is 57.7 Å². The molecule has 0 spiro atoms. The maximum atomic E-state index is 12.2. The number of carboxylic acid groups (broad SMARTS) is 1. The van der Waals surface area contributed by atoms with Gasteiger partial charge in [-0.1, -0.05) is 12.8 Å². The summed E-state index contributed by atoms with van der Waals surface area (Å²) in [6.45, 7) is 1.54. The molecule has 0 aromatic rings. The third kappa shape index (κ3) is 2.86. The number of hydrogen-bond acceptors (Lipinski definition) is 3. The number of hydrogen-bond donors (Lipinski definition) is 1. The van der Waals surface area contributed by atoms with E-state index in [4.69, 9.17) is 5.11 Å². The molecule has 6 heteroatoms. The molecule has 2 fully saturated rings. The van der Waals surface area contributed by atoms with Crippen molar-refractivity contribution < 1.29 is 14.7 Å². The number of carboxylic acids is 1. The quantitative estimate of drug-likeness (QED) is 0.773. The summed E-state index contributed by atoms with van der Waals surface area (Å²) in [6.07, 6.45) is 4.40. The molecule has 17 heavy (non-hydrogen) atoms. The molecule has 0 aliphatic carbocycles. The van der Waals surface area contributed by atoms with Crippen LogP contribution in [0.2, 0.25) is 0 Å². The van der Waals surface area contributed by atoms with Crippen LogP contribution in [0.15, 0.2) is 0 Å². The van der Waals surface area contributed by atoms with Crippen LogP contribution in [0, 0.1) is 0 Å². The Balaban J connectivity index is 2.00. The maximum Gasteiger partial charge on any atom is 0.327 e. The van der Waals surface area contributed by atoms with E-state index in [9.17, 15) is 9.59 Å². The van der Waals surface area contributed by atoms with Gasteiger partial charge in [0.15, 0.2) is 0 Å². The Labute approximate surface area is 105 Å². The predicted molar refractivity (Wildman–Crippen MR) is 66.0 cm³/mol. The lowest BCUT2D eigenvalue weighted by molar-refractivity contribution is -0.140. The fourth-order valence-electron chi connectivity index (χ4n) is 2.28. The molecule has 96 valence electrons. The number of amides is 2. The molecule has 2 rings (SSSR count). The van der Waals surface area contributed by atoms with Crippen molar-refractivity contribution in [2.24, 2.45) is 0 Å². The Kier molecular flexibility index (Phi) is 4.15. The van der Waals surface area contributed by atoms with E-state index in [-0.39, 0.29) is 6.03 Å². The SMILES string of the molecule is O=C(O)[C@@H]1CSCN1C(=O)N1CCCCCC1. The Morgan fingerprint density at radius 3 is 2.35 bits per heavy atom. The molecule has 5 nitrogen and oxygen atoms in total. The van der Waals surface area contributed by atoms with Crippen molar-refractivity contribution in [1.29, 1.82) is 0 Å². The van der Waals surface area contributed by atoms with Gasteiger partial charge in [-0.05, 0) is 12.8 Å². The monoisotopic (exact) mass is 258 g/mol. The Morgan fingerprint density at radius 2 is 1.76 bits per heavy atom. The van der Waals surface area contributed by atoms with Crippen LogP contribution in [0.25, 0.3) is 0 Å². The van der Waals surface area contributed by atoms with Gasteiger partial charge in [0, 0.05) is 18.8 Å². The second kappa shape index (κ2) is 5.62. The van der Waals surface area contributed by atoms with Crippen LogP contribution in [0.5, 0.6) is 0 Å². The first-order valence-corrected chi connectivity index (χ1v) is 7.21. The van der Waals surface area contributed by atoms with Crippen molar-refractivity contribution in [2.45, 2.75) is 31.7 Å². The number of nitrogens with zero attached hydrogens (tertiary/aromatic N) is 2. The second-order valence-electron chi connectivity index (χ2n) is 4.51. The molecule has 2 amide bonds. The zero-order valence-corrected chi connectivity index (χ0v) is 10.6. The van der Waals surface area contributed by atoms with Crippen molar-refractivity contribution in [3.05, 3.63) is 0 Å². The number of aliphatic carboxylic acids is 1. The van der Waals surface area contributed by atoms with Gasteiger partial charge in [0.25, 0.3) is 0 Å². The van der Waals surface area contributed by atoms with E-state index in [1.165, 1.54) is 29.5 Å². The van der Waals surface area contributed by atoms with Gasteiger partial charge in [0.1, 0.15) is 6.04 Å². The Bertz CT molecular complexity index is 303. The normalized spacial score (nSPS) is 25.8. The molecule has 2 saturated heterocycles. The van der Waals surface area contributed by atoms with Crippen molar-refractivity contribution in [3.8, 4) is 0 Å². The van der Waals surface area contributed by atoms with Crippen LogP contribution in [0.3, 0.4) is 0 Å². The molecule has 0 saturated carbocycles. The van der Waals surface area contributed by atoms with Gasteiger partial charge in [-0.2, -0.15) is 0 Å². The highest BCUT2D eigenvalue weighted by Gasteiger charge is 2.36. The van der Waals surface area contributed by atoms with Gasteiger partial charge >= 0.3 is 12.0 Å². The lowest BCUT2D eigenvalue weighted by Gasteiger charge is -2.28. The molecule has 2 heterocycles. The molecule has 0 radical (unpaired) electrons. The van der Waals surface area contributed by atoms with Gasteiger partial charge in [-0.25, -0.2) is 9.59 Å². The first-order valence-electron chi connectivity index (χ1n) is 6.06. The average Bonchev–Trinajstić information content (AvgIpc) is 2.64. The Hall–Kier alpha value is -0.910. The number of urea groups is 1. The summed E-state index contributed by atoms with van der Waals surface area (Å²) < 4.78 is 0. The number of carbonyl (C=O) groups is 2. The summed E-state index contributed by atoms with van der Waals surface area (Å²) in [5.41, 5.74) is 0. The minimum absolute atomic E-state index is 0.0932. The van der Waals surface area contributed by atoms with Crippen molar-refractivity contribution in [2.75, 3.05) is 24.7 Å². The second-order valence-corrected chi connectivity index (χ2v) is 5.51. The highest BCUT2D eigenvalue weighted by molar-refractivity contribution is 7.99. The number of carbonyl (C=O) groups excluding carboxylic acids is 1. The van der Waals surface area contributed by atoms with E-state index in [0.717, 1.165) is 25.9 Å². The van der Waals surface area contributed by atoms with Gasteiger partial charge < -0.3 is 14.9 Å². The Morgan fingerprint density at radius 1 is 1.12 bits per heavy atom. The highest BCUT2D eigenvalue weighted by atomic mass is 32.2. The maximum absolute atomic E-state index is 12.2. The van der Waals surface area contributed by atoms with E-state index >= 15 is 0 Å². The van der Waals surface area contributed by atoms with E-state index in [1.54, 1.807) is 0 Å². The molecule has 0 aromatic carbocycles. The topological polar surface area (TPSA) is 60.9 Å². The predicted octanol–water partition coefficient (Wildman–Crippen LogP) is 1.44. The van der Waals surface area contributed by atoms with Gasteiger partial charge in [-0.3, -0.25) is 0 Å². The summed E-state index contributed by atoms with van der Waals surface area (Å²) in [5, 5.41) is 9.06. The zero-order chi connectivity index (χ0) is 12.3. The zero-order valence-electron chi connectivity index (χ0n) is 9.80. The van der Waals surface area contributed by atoms with Crippen LogP contribution >= 0.6 is 11.8 Å². The molecule has 1 N–H and O–H groups in total. The van der Waals surface area contributed by atoms with Crippen molar-refractivity contribution >= 4 is 23.8 Å². The fourth-order valence-corrected chi connectivity index (χ4v) is 3.42. The molecular formula is C11H18N2O3S. The van der Waals surface area contributed by atoms with Gasteiger partial charge in [0.05, 0.1) is 5.88 Å². The number of likely N-dealkylation sites (tertiary alicyclic amines) is 1. The lowest BCUT2D eigenvalue weighted by atomic mass is 10.2. The lowest BCUT2D eigenvalue weighted by Crippen LogP contribution is -2.49. The van der Waals surface area contributed by atoms with Gasteiger partial charge in [0.2, 0.25) is 0 Å². The van der Waals surface area contributed by atoms with Crippen molar-refractivity contribution in [1.82, 2.24) is 9.80 Å². The smallest absolute Gasteiger partial charge is 0.327 e. The molecular weight excluding hydrogens is 240 g/mol. The highest BCUT2D eigenvalue weighted by Crippen LogP contribution is 2.23. The summed E-state index contributed by atoms with van der Waals surface area (Å²) in [4.78, 5) is 26.6. The molecule has 0 bridgehead atoms. The van der Waals surface area contributed by atoms with Gasteiger partial charge in [-0.15, -0.1) is 11.8 Å². The first-order chi connectivity index (χ1) is 8.20.